The molecule has 2 N–H and O–H groups in total. The highest BCUT2D eigenvalue weighted by Gasteiger charge is 2.42. The van der Waals surface area contributed by atoms with E-state index >= 15 is 0 Å². The van der Waals surface area contributed by atoms with Crippen molar-refractivity contribution in [2.75, 3.05) is 30.4 Å². The summed E-state index contributed by atoms with van der Waals surface area (Å²) >= 11 is 6.56. The van der Waals surface area contributed by atoms with Crippen LogP contribution in [0.5, 0.6) is 0 Å². The van der Waals surface area contributed by atoms with E-state index in [2.05, 4.69) is 34.4 Å². The van der Waals surface area contributed by atoms with Gasteiger partial charge in [-0.3, -0.25) is 4.79 Å². The van der Waals surface area contributed by atoms with E-state index in [1.54, 1.807) is 11.0 Å². The first-order chi connectivity index (χ1) is 17.7. The van der Waals surface area contributed by atoms with Gasteiger partial charge in [-0.25, -0.2) is 9.37 Å². The number of fused-ring (bicyclic) bond motifs is 2. The highest BCUT2D eigenvalue weighted by Crippen LogP contribution is 2.48. The van der Waals surface area contributed by atoms with Crippen molar-refractivity contribution in [2.24, 2.45) is 0 Å². The molecule has 6 rings (SSSR count). The molecule has 192 valence electrons. The van der Waals surface area contributed by atoms with Crippen molar-refractivity contribution in [3.8, 4) is 0 Å². The number of benzene rings is 2. The fourth-order valence-electron chi connectivity index (χ4n) is 5.87. The molecule has 0 amide bonds. The van der Waals surface area contributed by atoms with Crippen molar-refractivity contribution < 1.29 is 14.3 Å². The second kappa shape index (κ2) is 8.96. The molecule has 3 aliphatic rings. The number of carboxylic acid groups (broad SMARTS) is 1. The lowest BCUT2D eigenvalue weighted by Crippen LogP contribution is -2.31. The van der Waals surface area contributed by atoms with Crippen molar-refractivity contribution in [3.05, 3.63) is 69.6 Å². The molecule has 1 saturated carbocycles. The van der Waals surface area contributed by atoms with E-state index in [1.807, 2.05) is 6.92 Å². The van der Waals surface area contributed by atoms with Crippen molar-refractivity contribution in [1.82, 2.24) is 14.9 Å². The molecule has 2 aliphatic heterocycles. The molecule has 0 bridgehead atoms. The molecule has 9 heteroatoms. The van der Waals surface area contributed by atoms with Crippen LogP contribution in [0.1, 0.15) is 54.4 Å². The van der Waals surface area contributed by atoms with Crippen LogP contribution < -0.4 is 10.2 Å². The number of aliphatic carboxylic acids is 1. The van der Waals surface area contributed by atoms with E-state index in [4.69, 9.17) is 16.6 Å². The molecule has 7 nitrogen and oxygen atoms in total. The van der Waals surface area contributed by atoms with Gasteiger partial charge >= 0.3 is 5.97 Å². The van der Waals surface area contributed by atoms with Gasteiger partial charge in [-0.05, 0) is 78.7 Å². The Hall–Kier alpha value is -3.23. The van der Waals surface area contributed by atoms with E-state index in [0.717, 1.165) is 30.8 Å². The average Bonchev–Trinajstić information content (AvgIpc) is 3.64. The number of halogens is 2. The molecule has 3 heterocycles. The molecule has 37 heavy (non-hydrogen) atoms. The molecule has 2 aromatic carbocycles. The Kier molecular flexibility index (Phi) is 5.84. The Morgan fingerprint density at radius 3 is 2.86 bits per heavy atom. The van der Waals surface area contributed by atoms with Crippen LogP contribution in [0.25, 0.3) is 0 Å². The zero-order valence-electron chi connectivity index (χ0n) is 20.9. The minimum Gasteiger partial charge on any atom is -0.481 e. The molecule has 1 atom stereocenters. The number of rotatable bonds is 6. The van der Waals surface area contributed by atoms with Crippen molar-refractivity contribution in [3.63, 3.8) is 0 Å². The topological polar surface area (TPSA) is 81.6 Å². The van der Waals surface area contributed by atoms with Crippen LogP contribution in [0, 0.1) is 5.82 Å². The van der Waals surface area contributed by atoms with Crippen molar-refractivity contribution >= 4 is 40.7 Å². The summed E-state index contributed by atoms with van der Waals surface area (Å²) in [4.78, 5) is 24.9. The SMILES string of the molecule is CN1CCc2c(cc(Nc3ncc(Cl)c(N4CC(C)(CC(=O)O)c5ccc(F)cc54)n3)cc2C2CC2)C1. The number of hydrogen-bond donors (Lipinski definition) is 2. The first-order valence-corrected chi connectivity index (χ1v) is 13.0. The fourth-order valence-corrected chi connectivity index (χ4v) is 6.07. The van der Waals surface area contributed by atoms with Gasteiger partial charge in [-0.2, -0.15) is 4.98 Å². The molecule has 0 spiro atoms. The molecular formula is C28H29ClFN5O2. The number of carboxylic acids is 1. The van der Waals surface area contributed by atoms with Gasteiger partial charge in [-0.15, -0.1) is 0 Å². The second-order valence-electron chi connectivity index (χ2n) is 10.8. The third kappa shape index (κ3) is 4.53. The van der Waals surface area contributed by atoms with E-state index < -0.39 is 17.2 Å². The number of carbonyl (C=O) groups is 1. The normalized spacial score (nSPS) is 21.0. The lowest BCUT2D eigenvalue weighted by atomic mass is 9.81. The van der Waals surface area contributed by atoms with Crippen LogP contribution >= 0.6 is 11.6 Å². The summed E-state index contributed by atoms with van der Waals surface area (Å²) in [5.41, 5.74) is 5.79. The number of nitrogens with zero attached hydrogens (tertiary/aromatic N) is 4. The maximum absolute atomic E-state index is 14.3. The zero-order valence-corrected chi connectivity index (χ0v) is 21.6. The van der Waals surface area contributed by atoms with Gasteiger partial charge in [0.1, 0.15) is 10.8 Å². The van der Waals surface area contributed by atoms with Crippen molar-refractivity contribution in [2.45, 2.75) is 50.5 Å². The maximum Gasteiger partial charge on any atom is 0.304 e. The Bertz CT molecular complexity index is 1410. The predicted molar refractivity (Wildman–Crippen MR) is 142 cm³/mol. The number of anilines is 4. The van der Waals surface area contributed by atoms with Crippen LogP contribution in [0.4, 0.5) is 27.5 Å². The van der Waals surface area contributed by atoms with Crippen LogP contribution in [0.3, 0.4) is 0 Å². The Morgan fingerprint density at radius 1 is 1.30 bits per heavy atom. The quantitative estimate of drug-likeness (QED) is 0.426. The van der Waals surface area contributed by atoms with E-state index in [-0.39, 0.29) is 6.42 Å². The smallest absolute Gasteiger partial charge is 0.304 e. The summed E-state index contributed by atoms with van der Waals surface area (Å²) in [6.07, 6.45) is 4.97. The molecule has 1 aromatic heterocycles. The van der Waals surface area contributed by atoms with Crippen LogP contribution in [0.15, 0.2) is 36.5 Å². The highest BCUT2D eigenvalue weighted by atomic mass is 35.5. The lowest BCUT2D eigenvalue weighted by molar-refractivity contribution is -0.138. The van der Waals surface area contributed by atoms with E-state index in [9.17, 15) is 14.3 Å². The third-order valence-corrected chi connectivity index (χ3v) is 8.03. The average molecular weight is 522 g/mol. The van der Waals surface area contributed by atoms with Crippen LogP contribution in [-0.2, 0) is 23.2 Å². The van der Waals surface area contributed by atoms with Gasteiger partial charge in [0.05, 0.1) is 12.6 Å². The highest BCUT2D eigenvalue weighted by molar-refractivity contribution is 6.33. The second-order valence-corrected chi connectivity index (χ2v) is 11.2. The van der Waals surface area contributed by atoms with Gasteiger partial charge in [0, 0.05) is 36.4 Å². The largest absolute Gasteiger partial charge is 0.481 e. The van der Waals surface area contributed by atoms with Gasteiger partial charge in [-0.1, -0.05) is 24.6 Å². The molecule has 1 fully saturated rings. The maximum atomic E-state index is 14.3. The number of hydrogen-bond acceptors (Lipinski definition) is 6. The standard InChI is InChI=1S/C28H29ClFN5O2/c1-28(12-25(36)37)15-35(24-10-18(30)5-6-22(24)28)26-23(29)13-31-27(33-26)32-19-9-17-14-34(2)8-7-20(17)21(11-19)16-3-4-16/h5-6,9-11,13,16H,3-4,7-8,12,14-15H2,1-2H3,(H,36,37)(H,31,32,33). The Labute approximate surface area is 220 Å². The van der Waals surface area contributed by atoms with Gasteiger partial charge < -0.3 is 20.2 Å². The van der Waals surface area contributed by atoms with E-state index in [0.29, 0.717) is 34.9 Å². The fraction of sp³-hybridized carbons (Fsp3) is 0.393. The molecule has 1 unspecified atom stereocenters. The zero-order chi connectivity index (χ0) is 25.9. The van der Waals surface area contributed by atoms with Gasteiger partial charge in [0.2, 0.25) is 5.95 Å². The molecule has 0 saturated heterocycles. The summed E-state index contributed by atoms with van der Waals surface area (Å²) in [6, 6.07) is 8.84. The monoisotopic (exact) mass is 521 g/mol. The number of likely N-dealkylation sites (N-methyl/N-ethyl adjacent to an activating group) is 1. The minimum absolute atomic E-state index is 0.0938. The lowest BCUT2D eigenvalue weighted by Gasteiger charge is -2.28. The van der Waals surface area contributed by atoms with Gasteiger partial charge in [0.15, 0.2) is 5.82 Å². The van der Waals surface area contributed by atoms with Crippen LogP contribution in [0.2, 0.25) is 5.02 Å². The Balaban J connectivity index is 1.36. The number of aromatic nitrogens is 2. The summed E-state index contributed by atoms with van der Waals surface area (Å²) < 4.78 is 14.3. The number of nitrogens with one attached hydrogen (secondary N) is 1. The summed E-state index contributed by atoms with van der Waals surface area (Å²) in [6.45, 7) is 4.17. The predicted octanol–water partition coefficient (Wildman–Crippen LogP) is 5.76. The van der Waals surface area contributed by atoms with Gasteiger partial charge in [0.25, 0.3) is 0 Å². The molecule has 1 aliphatic carbocycles. The molecule has 3 aromatic rings. The molecule has 0 radical (unpaired) electrons. The third-order valence-electron chi connectivity index (χ3n) is 7.76. The Morgan fingerprint density at radius 2 is 2.11 bits per heavy atom. The first-order valence-electron chi connectivity index (χ1n) is 12.6. The van der Waals surface area contributed by atoms with Crippen molar-refractivity contribution in [1.29, 1.82) is 0 Å². The first kappa shape index (κ1) is 24.1. The minimum atomic E-state index is -0.916. The molecular weight excluding hydrogens is 493 g/mol. The van der Waals surface area contributed by atoms with Crippen LogP contribution in [-0.4, -0.2) is 46.1 Å². The van der Waals surface area contributed by atoms with E-state index in [1.165, 1.54) is 47.9 Å². The summed E-state index contributed by atoms with van der Waals surface area (Å²) in [5, 5.41) is 13.2. The summed E-state index contributed by atoms with van der Waals surface area (Å²) in [7, 11) is 2.14. The summed E-state index contributed by atoms with van der Waals surface area (Å²) in [5.74, 6) is 0.109.